The summed E-state index contributed by atoms with van der Waals surface area (Å²) in [7, 11) is 0. The summed E-state index contributed by atoms with van der Waals surface area (Å²) in [6, 6.07) is 7.50. The van der Waals surface area contributed by atoms with Gasteiger partial charge >= 0.3 is 0 Å². The third-order valence-electron chi connectivity index (χ3n) is 4.61. The van der Waals surface area contributed by atoms with Gasteiger partial charge in [-0.3, -0.25) is 0 Å². The summed E-state index contributed by atoms with van der Waals surface area (Å²) in [5, 5.41) is 90.5. The number of allylic oxidation sites excluding steroid dienone is 1. The van der Waals surface area contributed by atoms with Crippen molar-refractivity contribution in [2.75, 3.05) is 0 Å². The largest absolute Gasteiger partial charge is 0.550 e. The highest BCUT2D eigenvalue weighted by Crippen LogP contribution is 2.10. The minimum absolute atomic E-state index is 0.0761. The van der Waals surface area contributed by atoms with Crippen molar-refractivity contribution in [3.63, 3.8) is 0 Å². The first-order valence-electron chi connectivity index (χ1n) is 12.9. The maximum atomic E-state index is 10.5. The maximum Gasteiger partial charge on any atom is 0.0722 e. The summed E-state index contributed by atoms with van der Waals surface area (Å²) in [6.07, 6.45) is 1.35. The van der Waals surface area contributed by atoms with Crippen molar-refractivity contribution >= 4 is 53.7 Å². The molecule has 262 valence electrons. The highest BCUT2D eigenvalue weighted by molar-refractivity contribution is 6.02. The molecule has 0 amide bonds. The van der Waals surface area contributed by atoms with Crippen molar-refractivity contribution in [1.82, 2.24) is 0 Å². The van der Waals surface area contributed by atoms with Crippen LogP contribution in [-0.4, -0.2) is 53.7 Å². The van der Waals surface area contributed by atoms with E-state index >= 15 is 0 Å². The predicted octanol–water partition coefficient (Wildman–Crippen LogP) is -8.30. The molecule has 0 aliphatic heterocycles. The fourth-order valence-electron chi connectivity index (χ4n) is 2.60. The summed E-state index contributed by atoms with van der Waals surface area (Å²) >= 11 is 0. The van der Waals surface area contributed by atoms with Crippen LogP contribution in [0.1, 0.15) is 97.2 Å². The number of aromatic carboxylic acids is 5. The maximum absolute atomic E-state index is 10.5. The Labute approximate surface area is 271 Å². The number of carbonyl (C=O) groups excluding carboxylic acids is 9. The van der Waals surface area contributed by atoms with Crippen LogP contribution in [0.25, 0.3) is 0 Å². The number of aliphatic carboxylic acids is 4. The van der Waals surface area contributed by atoms with Crippen molar-refractivity contribution in [2.24, 2.45) is 0 Å². The Bertz CT molecular complexity index is 1390. The quantitative estimate of drug-likeness (QED) is 0.141. The number of carbonyl (C=O) groups is 9. The van der Waals surface area contributed by atoms with Gasteiger partial charge in [-0.1, -0.05) is 42.5 Å². The van der Waals surface area contributed by atoms with E-state index in [1.165, 1.54) is 12.1 Å². The molecule has 48 heavy (non-hydrogen) atoms. The van der Waals surface area contributed by atoms with E-state index in [1.54, 1.807) is 6.08 Å². The first-order valence-corrected chi connectivity index (χ1v) is 12.9. The van der Waals surface area contributed by atoms with E-state index in [0.29, 0.717) is 18.9 Å². The van der Waals surface area contributed by atoms with Crippen LogP contribution in [0.4, 0.5) is 0 Å². The fraction of sp³-hybridized carbons (Fsp3) is 0.233. The van der Waals surface area contributed by atoms with Crippen LogP contribution in [0, 0.1) is 0 Å². The zero-order chi connectivity index (χ0) is 38.0. The molecule has 2 aromatic rings. The van der Waals surface area contributed by atoms with Gasteiger partial charge in [-0.2, -0.15) is 0 Å². The predicted molar refractivity (Wildman–Crippen MR) is 138 cm³/mol. The number of hydrogen-bond acceptors (Lipinski definition) is 18. The third-order valence-corrected chi connectivity index (χ3v) is 4.61. The van der Waals surface area contributed by atoms with E-state index in [1.807, 2.05) is 6.92 Å². The Morgan fingerprint density at radius 2 is 0.771 bits per heavy atom. The second-order valence-corrected chi connectivity index (χ2v) is 8.35. The smallest absolute Gasteiger partial charge is 0.0722 e. The molecule has 0 aromatic heterocycles. The minimum atomic E-state index is -1.79. The van der Waals surface area contributed by atoms with Gasteiger partial charge in [0.2, 0.25) is 0 Å². The lowest BCUT2D eigenvalue weighted by molar-refractivity contribution is -0.315. The molecule has 0 saturated heterocycles. The molecule has 0 aliphatic rings. The standard InChI is InChI=1S/C9H6O6.C8H6O4.C6H10O4.C4H6O4.C3H6/c10-7(11)4-1-2-5(8(12)13)6(3-4)9(14)15;9-7(10)5-3-1-2-4-6(5)8(11)12;7-5(8)3-1-2-4-6(9)10;5-3(6)1-2-4(7)8;1-3-2/h1-3H,(H,10,11)(H,12,13)(H,14,15);1-4H,(H,9,10)(H,11,12);1-4H2,(H,7,8)(H,9,10);1-2H2,(H,5,6)(H,7,8);3H,1H2,2H3/p-9. The molecule has 0 unspecified atom stereocenters. The van der Waals surface area contributed by atoms with E-state index in [2.05, 4.69) is 6.58 Å². The number of rotatable bonds is 13. The average Bonchev–Trinajstić information content (AvgIpc) is 2.99. The zero-order valence-electron chi connectivity index (χ0n) is 24.9. The van der Waals surface area contributed by atoms with E-state index in [-0.39, 0.29) is 24.0 Å². The van der Waals surface area contributed by atoms with Gasteiger partial charge in [0, 0.05) is 46.1 Å². The lowest BCUT2D eigenvalue weighted by atomic mass is 10.0. The first kappa shape index (κ1) is 45.8. The molecular formula is C30H25O18-9. The van der Waals surface area contributed by atoms with Gasteiger partial charge in [-0.25, -0.2) is 0 Å². The van der Waals surface area contributed by atoms with E-state index in [4.69, 9.17) is 0 Å². The minimum Gasteiger partial charge on any atom is -0.550 e. The van der Waals surface area contributed by atoms with Gasteiger partial charge in [0.1, 0.15) is 0 Å². The van der Waals surface area contributed by atoms with E-state index in [9.17, 15) is 89.1 Å². The van der Waals surface area contributed by atoms with Gasteiger partial charge < -0.3 is 89.1 Å². The van der Waals surface area contributed by atoms with Crippen LogP contribution in [0.2, 0.25) is 0 Å². The van der Waals surface area contributed by atoms with Crippen molar-refractivity contribution in [2.45, 2.75) is 45.4 Å². The Morgan fingerprint density at radius 1 is 0.479 bits per heavy atom. The Morgan fingerprint density at radius 3 is 1.02 bits per heavy atom. The SMILES string of the molecule is C=CC.O=C([O-])CCC(=O)[O-].O=C([O-])CCCCC(=O)[O-].O=C([O-])c1ccc(C(=O)[O-])c(C(=O)[O-])c1.O=C([O-])c1ccccc1C(=O)[O-]. The van der Waals surface area contributed by atoms with Crippen LogP contribution >= 0.6 is 0 Å². The van der Waals surface area contributed by atoms with Gasteiger partial charge in [0.15, 0.2) is 0 Å². The Balaban J connectivity index is -0.000000560. The summed E-state index contributed by atoms with van der Waals surface area (Å²) < 4.78 is 0. The van der Waals surface area contributed by atoms with Crippen molar-refractivity contribution in [3.8, 4) is 0 Å². The van der Waals surface area contributed by atoms with Gasteiger partial charge in [0.05, 0.1) is 29.8 Å². The average molecular weight is 674 g/mol. The van der Waals surface area contributed by atoms with E-state index in [0.717, 1.165) is 24.3 Å². The zero-order valence-corrected chi connectivity index (χ0v) is 24.9. The molecular weight excluding hydrogens is 648 g/mol. The molecule has 0 N–H and O–H groups in total. The highest BCUT2D eigenvalue weighted by atomic mass is 16.4. The summed E-state index contributed by atoms with van der Waals surface area (Å²) in [6.45, 7) is 5.25. The molecule has 0 fully saturated rings. The van der Waals surface area contributed by atoms with E-state index < -0.39 is 83.3 Å². The number of unbranched alkanes of at least 4 members (excludes halogenated alkanes) is 1. The molecule has 2 aromatic carbocycles. The van der Waals surface area contributed by atoms with Crippen LogP contribution < -0.4 is 46.0 Å². The Hall–Kier alpha value is -6.59. The van der Waals surface area contributed by atoms with Crippen molar-refractivity contribution in [3.05, 3.63) is 82.9 Å². The topological polar surface area (TPSA) is 361 Å². The summed E-state index contributed by atoms with van der Waals surface area (Å²) in [5.41, 5.74) is -2.56. The molecule has 0 saturated carbocycles. The fourth-order valence-corrected chi connectivity index (χ4v) is 2.60. The van der Waals surface area contributed by atoms with Crippen molar-refractivity contribution < 1.29 is 89.1 Å². The van der Waals surface area contributed by atoms with Gasteiger partial charge in [-0.15, -0.1) is 6.58 Å². The molecule has 18 nitrogen and oxygen atoms in total. The van der Waals surface area contributed by atoms with Gasteiger partial charge in [-0.05, 0) is 57.1 Å². The molecule has 2 rings (SSSR count). The van der Waals surface area contributed by atoms with Crippen LogP contribution in [0.5, 0.6) is 0 Å². The highest BCUT2D eigenvalue weighted by Gasteiger charge is 2.06. The molecule has 0 radical (unpaired) electrons. The second kappa shape index (κ2) is 25.7. The Kier molecular flexibility index (Phi) is 24.5. The second-order valence-electron chi connectivity index (χ2n) is 8.35. The lowest BCUT2D eigenvalue weighted by Gasteiger charge is -2.13. The summed E-state index contributed by atoms with van der Waals surface area (Å²) in [5.74, 6) is -13.2. The first-order chi connectivity index (χ1) is 22.2. The van der Waals surface area contributed by atoms with Crippen LogP contribution in [0.15, 0.2) is 55.1 Å². The monoisotopic (exact) mass is 673 g/mol. The van der Waals surface area contributed by atoms with Crippen molar-refractivity contribution in [1.29, 1.82) is 0 Å². The number of benzene rings is 2. The molecule has 0 atom stereocenters. The lowest BCUT2D eigenvalue weighted by Crippen LogP contribution is -2.31. The van der Waals surface area contributed by atoms with Gasteiger partial charge in [0.25, 0.3) is 0 Å². The number of hydrogen-bond donors (Lipinski definition) is 0. The molecule has 0 heterocycles. The van der Waals surface area contributed by atoms with Crippen LogP contribution in [0.3, 0.4) is 0 Å². The summed E-state index contributed by atoms with van der Waals surface area (Å²) in [4.78, 5) is 90.5. The molecule has 0 aliphatic carbocycles. The normalized spacial score (nSPS) is 8.94. The molecule has 18 heteroatoms. The van der Waals surface area contributed by atoms with Crippen LogP contribution in [-0.2, 0) is 19.2 Å². The number of carboxylic acid groups (broad SMARTS) is 9. The molecule has 0 spiro atoms. The number of carboxylic acids is 9. The molecule has 0 bridgehead atoms. The third kappa shape index (κ3) is 23.8.